The van der Waals surface area contributed by atoms with Crippen LogP contribution in [-0.4, -0.2) is 64.7 Å². The van der Waals surface area contributed by atoms with Gasteiger partial charge < -0.3 is 20.2 Å². The van der Waals surface area contributed by atoms with Gasteiger partial charge in [0.2, 0.25) is 5.91 Å². The fourth-order valence-electron chi connectivity index (χ4n) is 5.39. The molecule has 0 aromatic rings. The van der Waals surface area contributed by atoms with Gasteiger partial charge in [0.1, 0.15) is 0 Å². The Morgan fingerprint density at radius 2 is 1.76 bits per heavy atom. The lowest BCUT2D eigenvalue weighted by molar-refractivity contribution is -0.130. The van der Waals surface area contributed by atoms with Gasteiger partial charge in [0, 0.05) is 30.6 Å². The van der Waals surface area contributed by atoms with Crippen molar-refractivity contribution < 1.29 is 14.7 Å². The molecule has 2 N–H and O–H groups in total. The number of amides is 2. The highest BCUT2D eigenvalue weighted by Crippen LogP contribution is 2.50. The van der Waals surface area contributed by atoms with Gasteiger partial charge in [-0.25, -0.2) is 4.79 Å². The molecule has 6 nitrogen and oxygen atoms in total. The summed E-state index contributed by atoms with van der Waals surface area (Å²) in [7, 11) is 0. The molecule has 2 aliphatic carbocycles. The van der Waals surface area contributed by atoms with E-state index in [0.717, 1.165) is 64.6 Å². The Labute approximate surface area is 149 Å². The summed E-state index contributed by atoms with van der Waals surface area (Å²) in [6, 6.07) is 0.599. The largest absolute Gasteiger partial charge is 0.465 e. The van der Waals surface area contributed by atoms with E-state index < -0.39 is 6.09 Å². The number of carbonyl (C=O) groups is 2. The first-order valence-corrected chi connectivity index (χ1v) is 9.92. The zero-order valence-electron chi connectivity index (χ0n) is 15.3. The minimum atomic E-state index is -0.771. The number of nitrogens with zero attached hydrogens (tertiary/aromatic N) is 2. The van der Waals surface area contributed by atoms with Crippen LogP contribution in [0.3, 0.4) is 0 Å². The lowest BCUT2D eigenvalue weighted by Gasteiger charge is -2.51. The van der Waals surface area contributed by atoms with Gasteiger partial charge in [-0.3, -0.25) is 4.79 Å². The summed E-state index contributed by atoms with van der Waals surface area (Å²) in [6.07, 6.45) is 7.92. The van der Waals surface area contributed by atoms with Crippen LogP contribution in [0, 0.1) is 11.3 Å². The third-order valence-corrected chi connectivity index (χ3v) is 7.34. The average Bonchev–Trinajstić information content (AvgIpc) is 2.98. The predicted octanol–water partition coefficient (Wildman–Crippen LogP) is 2.29. The molecule has 0 radical (unpaired) electrons. The molecule has 2 amide bonds. The van der Waals surface area contributed by atoms with Crippen LogP contribution in [0.5, 0.6) is 0 Å². The van der Waals surface area contributed by atoms with E-state index in [1.165, 1.54) is 6.42 Å². The van der Waals surface area contributed by atoms with Crippen LogP contribution in [0.2, 0.25) is 0 Å². The van der Waals surface area contributed by atoms with E-state index in [-0.39, 0.29) is 22.8 Å². The number of hydrogen-bond donors (Lipinski definition) is 2. The molecule has 0 aromatic carbocycles. The maximum atomic E-state index is 12.5. The Morgan fingerprint density at radius 3 is 2.28 bits per heavy atom. The number of carbonyl (C=O) groups excluding carboxylic acids is 1. The minimum absolute atomic E-state index is 0.0626. The number of carboxylic acid groups (broad SMARTS) is 1. The third kappa shape index (κ3) is 3.25. The molecular weight excluding hydrogens is 318 g/mol. The van der Waals surface area contributed by atoms with Crippen molar-refractivity contribution in [3.63, 3.8) is 0 Å². The summed E-state index contributed by atoms with van der Waals surface area (Å²) in [4.78, 5) is 27.7. The summed E-state index contributed by atoms with van der Waals surface area (Å²) < 4.78 is 0. The van der Waals surface area contributed by atoms with Gasteiger partial charge in [0.25, 0.3) is 0 Å². The molecule has 25 heavy (non-hydrogen) atoms. The molecule has 4 aliphatic rings. The Morgan fingerprint density at radius 1 is 1.08 bits per heavy atom. The van der Waals surface area contributed by atoms with Crippen LogP contribution in [-0.2, 0) is 4.79 Å². The summed E-state index contributed by atoms with van der Waals surface area (Å²) in [6.45, 7) is 5.61. The Hall–Kier alpha value is -1.30. The highest BCUT2D eigenvalue weighted by molar-refractivity contribution is 5.79. The zero-order chi connectivity index (χ0) is 17.7. The standard InChI is InChI=1S/C19H31N3O3/c1-18(5-2-6-18)20-16(23)14-3-8-21(9-4-14)15-11-19(12-15)7-10-22(13-19)17(24)25/h14-15H,2-13H2,1H3,(H,20,23)(H,24,25)/t15-,19-. The van der Waals surface area contributed by atoms with E-state index in [1.807, 2.05) is 0 Å². The third-order valence-electron chi connectivity index (χ3n) is 7.34. The molecule has 0 unspecified atom stereocenters. The lowest BCUT2D eigenvalue weighted by atomic mass is 9.64. The molecule has 1 spiro atoms. The average molecular weight is 349 g/mol. The number of likely N-dealkylation sites (tertiary alicyclic amines) is 2. The van der Waals surface area contributed by atoms with Gasteiger partial charge in [-0.1, -0.05) is 0 Å². The van der Waals surface area contributed by atoms with Gasteiger partial charge in [0.05, 0.1) is 0 Å². The topological polar surface area (TPSA) is 72.9 Å². The lowest BCUT2D eigenvalue weighted by Crippen LogP contribution is -2.56. The van der Waals surface area contributed by atoms with Gasteiger partial charge in [-0.2, -0.15) is 0 Å². The maximum absolute atomic E-state index is 12.5. The first kappa shape index (κ1) is 17.1. The van der Waals surface area contributed by atoms with Crippen molar-refractivity contribution in [3.05, 3.63) is 0 Å². The molecular formula is C19H31N3O3. The number of piperidine rings is 1. The first-order chi connectivity index (χ1) is 11.9. The van der Waals surface area contributed by atoms with Crippen LogP contribution in [0.25, 0.3) is 0 Å². The second kappa shape index (κ2) is 6.15. The number of nitrogens with one attached hydrogen (secondary N) is 1. The van der Waals surface area contributed by atoms with Crippen LogP contribution >= 0.6 is 0 Å². The van der Waals surface area contributed by atoms with Crippen molar-refractivity contribution in [2.45, 2.75) is 69.9 Å². The van der Waals surface area contributed by atoms with Crippen molar-refractivity contribution >= 4 is 12.0 Å². The van der Waals surface area contributed by atoms with E-state index in [4.69, 9.17) is 5.11 Å². The minimum Gasteiger partial charge on any atom is -0.465 e. The van der Waals surface area contributed by atoms with Gasteiger partial charge in [0.15, 0.2) is 0 Å². The van der Waals surface area contributed by atoms with Crippen LogP contribution in [0.15, 0.2) is 0 Å². The van der Waals surface area contributed by atoms with Gasteiger partial charge >= 0.3 is 6.09 Å². The van der Waals surface area contributed by atoms with E-state index >= 15 is 0 Å². The fraction of sp³-hybridized carbons (Fsp3) is 0.895. The summed E-state index contributed by atoms with van der Waals surface area (Å²) in [5, 5.41) is 12.4. The molecule has 2 aliphatic heterocycles. The zero-order valence-corrected chi connectivity index (χ0v) is 15.3. The molecule has 0 bridgehead atoms. The van der Waals surface area contributed by atoms with E-state index in [9.17, 15) is 9.59 Å². The summed E-state index contributed by atoms with van der Waals surface area (Å²) in [5.74, 6) is 0.441. The van der Waals surface area contributed by atoms with Gasteiger partial charge in [-0.15, -0.1) is 0 Å². The molecule has 0 atom stereocenters. The van der Waals surface area contributed by atoms with Crippen molar-refractivity contribution in [1.29, 1.82) is 0 Å². The maximum Gasteiger partial charge on any atom is 0.407 e. The van der Waals surface area contributed by atoms with E-state index in [2.05, 4.69) is 17.1 Å². The number of rotatable bonds is 3. The monoisotopic (exact) mass is 349 g/mol. The SMILES string of the molecule is CC1(NC(=O)C2CCN([C@H]3C[C@@]4(CCN(C(=O)O)C4)C3)CC2)CCC1. The van der Waals surface area contributed by atoms with Gasteiger partial charge in [-0.05, 0) is 76.8 Å². The number of hydrogen-bond acceptors (Lipinski definition) is 3. The van der Waals surface area contributed by atoms with Crippen LogP contribution < -0.4 is 5.32 Å². The quantitative estimate of drug-likeness (QED) is 0.820. The van der Waals surface area contributed by atoms with E-state index in [0.29, 0.717) is 12.6 Å². The van der Waals surface area contributed by atoms with Crippen molar-refractivity contribution in [1.82, 2.24) is 15.1 Å². The second-order valence-corrected chi connectivity index (χ2v) is 9.23. The van der Waals surface area contributed by atoms with E-state index in [1.54, 1.807) is 4.90 Å². The first-order valence-electron chi connectivity index (χ1n) is 9.92. The fourth-order valence-corrected chi connectivity index (χ4v) is 5.39. The highest BCUT2D eigenvalue weighted by Gasteiger charge is 2.51. The van der Waals surface area contributed by atoms with Crippen molar-refractivity contribution in [2.24, 2.45) is 11.3 Å². The van der Waals surface area contributed by atoms with Crippen molar-refractivity contribution in [2.75, 3.05) is 26.2 Å². The van der Waals surface area contributed by atoms with Crippen molar-refractivity contribution in [3.8, 4) is 0 Å². The normalized spacial score (nSPS) is 35.2. The summed E-state index contributed by atoms with van der Waals surface area (Å²) in [5.41, 5.74) is 0.309. The van der Waals surface area contributed by atoms with Crippen LogP contribution in [0.1, 0.15) is 58.3 Å². The second-order valence-electron chi connectivity index (χ2n) is 9.23. The molecule has 4 fully saturated rings. The summed E-state index contributed by atoms with van der Waals surface area (Å²) >= 11 is 0. The molecule has 6 heteroatoms. The van der Waals surface area contributed by atoms with Crippen LogP contribution in [0.4, 0.5) is 4.79 Å². The molecule has 140 valence electrons. The molecule has 2 saturated carbocycles. The molecule has 2 saturated heterocycles. The molecule has 2 heterocycles. The molecule has 4 rings (SSSR count). The molecule has 0 aromatic heterocycles. The smallest absolute Gasteiger partial charge is 0.407 e. The predicted molar refractivity (Wildman–Crippen MR) is 94.4 cm³/mol. The Balaban J connectivity index is 1.21. The highest BCUT2D eigenvalue weighted by atomic mass is 16.4. The Bertz CT molecular complexity index is 546. The Kier molecular flexibility index (Phi) is 4.21.